The molecule has 0 saturated heterocycles. The third-order valence-corrected chi connectivity index (χ3v) is 15.9. The summed E-state index contributed by atoms with van der Waals surface area (Å²) in [5, 5.41) is 14.4. The fraction of sp³-hybridized carbons (Fsp3) is 0.0822. The highest BCUT2D eigenvalue weighted by Crippen LogP contribution is 2.47. The second kappa shape index (κ2) is 19.7. The van der Waals surface area contributed by atoms with Crippen LogP contribution in [0.25, 0.3) is 122 Å². The van der Waals surface area contributed by atoms with Gasteiger partial charge in [0.2, 0.25) is 0 Å². The molecule has 0 bridgehead atoms. The van der Waals surface area contributed by atoms with E-state index in [0.717, 1.165) is 123 Å². The highest BCUT2D eigenvalue weighted by molar-refractivity contribution is 6.14. The Morgan fingerprint density at radius 3 is 1.01 bits per heavy atom. The molecular formula is C73H49F6N3. The summed E-state index contributed by atoms with van der Waals surface area (Å²) in [6.07, 6.45) is -10.2. The van der Waals surface area contributed by atoms with Crippen LogP contribution in [0.4, 0.5) is 26.3 Å². The molecule has 0 aliphatic carbocycles. The number of nitriles is 1. The van der Waals surface area contributed by atoms with Crippen LogP contribution in [0, 0.1) is 39.0 Å². The average Bonchev–Trinajstić information content (AvgIpc) is 4.04. The third-order valence-electron chi connectivity index (χ3n) is 15.9. The van der Waals surface area contributed by atoms with Gasteiger partial charge in [0.15, 0.2) is 0 Å². The van der Waals surface area contributed by atoms with Crippen LogP contribution < -0.4 is 0 Å². The number of hydrogen-bond acceptors (Lipinski definition) is 1. The van der Waals surface area contributed by atoms with Crippen molar-refractivity contribution < 1.29 is 26.3 Å². The SMILES string of the molecule is Cc1ccc(-c2ccc3c(c2)c2cc(-c4ccc(C)cc4)ccc2n3-c2ccc(-c3cc(C(F)(F)F)cc(C(F)(F)F)c3)c(-c3cc(C#N)ccc3-n3c4ccc(-c5ccc(C)cc5)cc4c4cc(-c5ccc(C)cc5)ccc43)c2)cc1. The van der Waals surface area contributed by atoms with Crippen molar-refractivity contribution >= 4 is 43.6 Å². The number of aromatic nitrogens is 2. The lowest BCUT2D eigenvalue weighted by molar-refractivity contribution is -0.143. The molecule has 0 aliphatic rings. The van der Waals surface area contributed by atoms with Gasteiger partial charge in [0.1, 0.15) is 0 Å². The first kappa shape index (κ1) is 51.5. The number of rotatable bonds is 8. The topological polar surface area (TPSA) is 33.6 Å². The van der Waals surface area contributed by atoms with Gasteiger partial charge in [0.05, 0.1) is 50.5 Å². The lowest BCUT2D eigenvalue weighted by Crippen LogP contribution is -2.11. The zero-order valence-corrected chi connectivity index (χ0v) is 45.0. The van der Waals surface area contributed by atoms with E-state index < -0.39 is 23.5 Å². The van der Waals surface area contributed by atoms with Crippen LogP contribution in [-0.2, 0) is 12.4 Å². The zero-order valence-electron chi connectivity index (χ0n) is 45.0. The molecule has 0 saturated carbocycles. The molecule has 0 fully saturated rings. The second-order valence-electron chi connectivity index (χ2n) is 21.4. The summed E-state index contributed by atoms with van der Waals surface area (Å²) in [7, 11) is 0. The number of alkyl halides is 6. The van der Waals surface area contributed by atoms with Crippen LogP contribution in [0.2, 0.25) is 0 Å². The molecule has 0 radical (unpaired) electrons. The number of fused-ring (bicyclic) bond motifs is 6. The molecular weight excluding hydrogens is 1030 g/mol. The molecule has 9 heteroatoms. The van der Waals surface area contributed by atoms with Crippen LogP contribution in [0.15, 0.2) is 224 Å². The van der Waals surface area contributed by atoms with Crippen molar-refractivity contribution in [3.8, 4) is 84.2 Å². The zero-order chi connectivity index (χ0) is 56.8. The van der Waals surface area contributed by atoms with E-state index >= 15 is 0 Å². The summed E-state index contributed by atoms with van der Waals surface area (Å²) < 4.78 is 93.4. The number of halogens is 6. The van der Waals surface area contributed by atoms with Crippen LogP contribution in [0.5, 0.6) is 0 Å². The Kier molecular flexibility index (Phi) is 12.4. The van der Waals surface area contributed by atoms with E-state index in [9.17, 15) is 31.6 Å². The van der Waals surface area contributed by atoms with Crippen molar-refractivity contribution in [2.75, 3.05) is 0 Å². The largest absolute Gasteiger partial charge is 0.416 e. The van der Waals surface area contributed by atoms with E-state index in [2.05, 4.69) is 173 Å². The van der Waals surface area contributed by atoms with Gasteiger partial charge in [-0.2, -0.15) is 31.6 Å². The van der Waals surface area contributed by atoms with Crippen molar-refractivity contribution in [2.45, 2.75) is 40.0 Å². The van der Waals surface area contributed by atoms with Crippen LogP contribution in [0.1, 0.15) is 38.9 Å². The van der Waals surface area contributed by atoms with Gasteiger partial charge in [-0.25, -0.2) is 0 Å². The normalized spacial score (nSPS) is 12.0. The molecule has 398 valence electrons. The Morgan fingerprint density at radius 2 is 0.659 bits per heavy atom. The van der Waals surface area contributed by atoms with Gasteiger partial charge in [-0.1, -0.05) is 150 Å². The first-order valence-electron chi connectivity index (χ1n) is 26.9. The van der Waals surface area contributed by atoms with Crippen molar-refractivity contribution in [3.63, 3.8) is 0 Å². The van der Waals surface area contributed by atoms with Gasteiger partial charge in [-0.3, -0.25) is 0 Å². The number of aryl methyl sites for hydroxylation is 4. The molecule has 0 spiro atoms. The maximum Gasteiger partial charge on any atom is 0.416 e. The Bertz CT molecular complexity index is 4490. The molecule has 2 aromatic heterocycles. The van der Waals surface area contributed by atoms with E-state index in [1.807, 2.05) is 52.0 Å². The van der Waals surface area contributed by atoms with E-state index in [4.69, 9.17) is 0 Å². The van der Waals surface area contributed by atoms with E-state index in [-0.39, 0.29) is 22.8 Å². The first-order valence-corrected chi connectivity index (χ1v) is 26.9. The summed E-state index contributed by atoms with van der Waals surface area (Å²) in [5.41, 5.74) is 14.8. The minimum atomic E-state index is -5.11. The molecule has 82 heavy (non-hydrogen) atoms. The van der Waals surface area contributed by atoms with Gasteiger partial charge in [-0.15, -0.1) is 0 Å². The lowest BCUT2D eigenvalue weighted by atomic mass is 9.90. The lowest BCUT2D eigenvalue weighted by Gasteiger charge is -2.21. The van der Waals surface area contributed by atoms with Gasteiger partial charge >= 0.3 is 12.4 Å². The Labute approximate surface area is 469 Å². The fourth-order valence-electron chi connectivity index (χ4n) is 11.6. The minimum Gasteiger partial charge on any atom is -0.309 e. The standard InChI is InChI=1S/C73H49F6N3/c1-43-5-14-48(15-6-43)52-22-29-67-63(36-52)64-37-53(49-16-7-44(2)8-17-49)23-30-68(64)81(67)59-26-27-60(56-34-57(72(74,75)76)40-58(35-56)73(77,78)79)61(41-59)62-33-47(42-80)13-28-69(62)82-70-31-24-54(50-18-9-45(3)10-19-50)38-65(70)66-39-55(25-32-71(66)82)51-20-11-46(4)12-21-51/h5-41H,1-4H3. The van der Waals surface area contributed by atoms with E-state index in [1.165, 1.54) is 0 Å². The van der Waals surface area contributed by atoms with Crippen LogP contribution >= 0.6 is 0 Å². The van der Waals surface area contributed by atoms with E-state index in [0.29, 0.717) is 22.5 Å². The molecule has 0 N–H and O–H groups in total. The van der Waals surface area contributed by atoms with Crippen LogP contribution in [-0.4, -0.2) is 9.13 Å². The number of benzene rings is 11. The highest BCUT2D eigenvalue weighted by atomic mass is 19.4. The van der Waals surface area contributed by atoms with Gasteiger partial charge in [0.25, 0.3) is 0 Å². The Hall–Kier alpha value is -9.91. The molecule has 3 nitrogen and oxygen atoms in total. The van der Waals surface area contributed by atoms with Gasteiger partial charge < -0.3 is 9.13 Å². The summed E-state index contributed by atoms with van der Waals surface area (Å²) in [5.74, 6) is 0. The van der Waals surface area contributed by atoms with Gasteiger partial charge in [-0.05, 0) is 186 Å². The number of hydrogen-bond donors (Lipinski definition) is 0. The molecule has 13 aromatic rings. The predicted octanol–water partition coefficient (Wildman–Crippen LogP) is 21.0. The number of nitrogens with zero attached hydrogens (tertiary/aromatic N) is 3. The smallest absolute Gasteiger partial charge is 0.309 e. The fourth-order valence-corrected chi connectivity index (χ4v) is 11.6. The van der Waals surface area contributed by atoms with Crippen molar-refractivity contribution in [1.29, 1.82) is 5.26 Å². The van der Waals surface area contributed by atoms with Gasteiger partial charge in [0, 0.05) is 32.8 Å². The molecule has 0 amide bonds. The maximum absolute atomic E-state index is 14.9. The summed E-state index contributed by atoms with van der Waals surface area (Å²) >= 11 is 0. The maximum atomic E-state index is 14.9. The predicted molar refractivity (Wildman–Crippen MR) is 321 cm³/mol. The molecule has 13 rings (SSSR count). The molecule has 0 atom stereocenters. The summed E-state index contributed by atoms with van der Waals surface area (Å²) in [4.78, 5) is 0. The van der Waals surface area contributed by atoms with Crippen molar-refractivity contribution in [3.05, 3.63) is 263 Å². The molecule has 0 aliphatic heterocycles. The second-order valence-corrected chi connectivity index (χ2v) is 21.4. The molecule has 0 unspecified atom stereocenters. The average molecular weight is 1080 g/mol. The third kappa shape index (κ3) is 9.26. The molecule has 11 aromatic carbocycles. The highest BCUT2D eigenvalue weighted by Gasteiger charge is 2.37. The van der Waals surface area contributed by atoms with Crippen LogP contribution in [0.3, 0.4) is 0 Å². The Balaban J connectivity index is 1.11. The molecule has 2 heterocycles. The van der Waals surface area contributed by atoms with Crippen molar-refractivity contribution in [1.82, 2.24) is 9.13 Å². The Morgan fingerprint density at radius 1 is 0.305 bits per heavy atom. The first-order chi connectivity index (χ1) is 39.4. The van der Waals surface area contributed by atoms with Crippen molar-refractivity contribution in [2.24, 2.45) is 0 Å². The minimum absolute atomic E-state index is 0.102. The monoisotopic (exact) mass is 1080 g/mol. The summed E-state index contributed by atoms with van der Waals surface area (Å²) in [6, 6.07) is 72.7. The van der Waals surface area contributed by atoms with E-state index in [1.54, 1.807) is 24.3 Å². The summed E-state index contributed by atoms with van der Waals surface area (Å²) in [6.45, 7) is 8.17. The quantitative estimate of drug-likeness (QED) is 0.140.